The van der Waals surface area contributed by atoms with Crippen molar-refractivity contribution in [3.63, 3.8) is 0 Å². The van der Waals surface area contributed by atoms with E-state index in [1.165, 1.54) is 12.3 Å². The monoisotopic (exact) mass is 236 g/mol. The molecule has 1 aromatic rings. The zero-order valence-corrected chi connectivity index (χ0v) is 7.68. The highest BCUT2D eigenvalue weighted by atomic mass is 79.9. The molecule has 0 unspecified atom stereocenters. The average Bonchev–Trinajstić information content (AvgIpc) is 2.03. The molecule has 2 N–H and O–H groups in total. The maximum atomic E-state index is 12.3. The maximum absolute atomic E-state index is 12.3. The van der Waals surface area contributed by atoms with E-state index >= 15 is 0 Å². The fraction of sp³-hybridized carbons (Fsp3) is 0.286. The highest BCUT2D eigenvalue weighted by molar-refractivity contribution is 9.10. The second kappa shape index (κ2) is 3.91. The Balaban J connectivity index is 3.20. The molecule has 0 aliphatic heterocycles. The second-order valence-corrected chi connectivity index (χ2v) is 2.93. The molecule has 0 saturated heterocycles. The topological polar surface area (TPSA) is 38.9 Å². The normalized spacial score (nSPS) is 10.8. The van der Waals surface area contributed by atoms with Crippen molar-refractivity contribution in [2.45, 2.75) is 13.0 Å². The first kappa shape index (κ1) is 9.54. The molecule has 1 rings (SSSR count). The van der Waals surface area contributed by atoms with E-state index in [0.717, 1.165) is 0 Å². The lowest BCUT2D eigenvalue weighted by atomic mass is 10.1. The van der Waals surface area contributed by atoms with Crippen molar-refractivity contribution >= 4 is 15.9 Å². The van der Waals surface area contributed by atoms with Gasteiger partial charge in [0.25, 0.3) is 6.43 Å². The molecule has 1 aromatic heterocycles. The summed E-state index contributed by atoms with van der Waals surface area (Å²) in [6, 6.07) is 1.49. The van der Waals surface area contributed by atoms with Crippen LogP contribution < -0.4 is 5.73 Å². The van der Waals surface area contributed by atoms with Crippen molar-refractivity contribution < 1.29 is 8.78 Å². The van der Waals surface area contributed by atoms with Gasteiger partial charge in [-0.15, -0.1) is 0 Å². The fourth-order valence-corrected chi connectivity index (χ4v) is 1.44. The molecule has 5 heteroatoms. The smallest absolute Gasteiger partial charge is 0.266 e. The first-order chi connectivity index (χ1) is 5.66. The fourth-order valence-electron chi connectivity index (χ4n) is 0.893. The number of pyridine rings is 1. The molecule has 0 fully saturated rings. The molecule has 0 amide bonds. The van der Waals surface area contributed by atoms with E-state index in [2.05, 4.69) is 20.9 Å². The van der Waals surface area contributed by atoms with Crippen LogP contribution >= 0.6 is 15.9 Å². The number of nitrogens with zero attached hydrogens (tertiary/aromatic N) is 1. The van der Waals surface area contributed by atoms with Gasteiger partial charge in [0.05, 0.1) is 5.56 Å². The number of hydrogen-bond donors (Lipinski definition) is 1. The number of hydrogen-bond acceptors (Lipinski definition) is 2. The summed E-state index contributed by atoms with van der Waals surface area (Å²) in [6.45, 7) is 0.0980. The Morgan fingerprint density at radius 2 is 2.25 bits per heavy atom. The van der Waals surface area contributed by atoms with Crippen LogP contribution in [0.25, 0.3) is 0 Å². The van der Waals surface area contributed by atoms with Crippen molar-refractivity contribution in [2.75, 3.05) is 0 Å². The number of alkyl halides is 2. The van der Waals surface area contributed by atoms with Crippen LogP contribution in [0.15, 0.2) is 16.9 Å². The van der Waals surface area contributed by atoms with E-state index in [1.807, 2.05) is 0 Å². The standard InChI is InChI=1S/C7H7BrF2N2/c8-6-5(7(9)10)4(3-11)1-2-12-6/h1-2,7H,3,11H2. The van der Waals surface area contributed by atoms with Crippen LogP contribution in [-0.4, -0.2) is 4.98 Å². The number of halogens is 3. The minimum absolute atomic E-state index is 0.0980. The van der Waals surface area contributed by atoms with E-state index in [-0.39, 0.29) is 16.7 Å². The Morgan fingerprint density at radius 1 is 1.58 bits per heavy atom. The molecule has 66 valence electrons. The predicted molar refractivity (Wildman–Crippen MR) is 44.8 cm³/mol. The van der Waals surface area contributed by atoms with E-state index in [0.29, 0.717) is 5.56 Å². The number of rotatable bonds is 2. The Labute approximate surface area is 76.9 Å². The van der Waals surface area contributed by atoms with Crippen molar-refractivity contribution in [2.24, 2.45) is 5.73 Å². The van der Waals surface area contributed by atoms with Crippen LogP contribution in [0.1, 0.15) is 17.6 Å². The van der Waals surface area contributed by atoms with Gasteiger partial charge in [-0.1, -0.05) is 0 Å². The molecule has 1 heterocycles. The Bertz CT molecular complexity index is 278. The zero-order valence-electron chi connectivity index (χ0n) is 6.10. The van der Waals surface area contributed by atoms with Crippen LogP contribution in [0.3, 0.4) is 0 Å². The third-order valence-corrected chi connectivity index (χ3v) is 2.10. The third-order valence-electron chi connectivity index (χ3n) is 1.47. The summed E-state index contributed by atoms with van der Waals surface area (Å²) in [5, 5.41) is 0. The van der Waals surface area contributed by atoms with E-state index in [4.69, 9.17) is 5.73 Å². The largest absolute Gasteiger partial charge is 0.326 e. The highest BCUT2D eigenvalue weighted by Crippen LogP contribution is 2.28. The van der Waals surface area contributed by atoms with Crippen LogP contribution in [0, 0.1) is 0 Å². The van der Waals surface area contributed by atoms with Gasteiger partial charge in [0.2, 0.25) is 0 Å². The van der Waals surface area contributed by atoms with Crippen LogP contribution in [-0.2, 0) is 6.54 Å². The summed E-state index contributed by atoms with van der Waals surface area (Å²) in [5.74, 6) is 0. The average molecular weight is 237 g/mol. The molecule has 0 saturated carbocycles. The maximum Gasteiger partial charge on any atom is 0.266 e. The van der Waals surface area contributed by atoms with Gasteiger partial charge < -0.3 is 5.73 Å². The van der Waals surface area contributed by atoms with Crippen LogP contribution in [0.5, 0.6) is 0 Å². The lowest BCUT2D eigenvalue weighted by Crippen LogP contribution is -2.03. The molecule has 0 bridgehead atoms. The highest BCUT2D eigenvalue weighted by Gasteiger charge is 2.16. The molecule has 0 aromatic carbocycles. The van der Waals surface area contributed by atoms with Crippen molar-refractivity contribution in [3.05, 3.63) is 28.0 Å². The molecular formula is C7H7BrF2N2. The second-order valence-electron chi connectivity index (χ2n) is 2.18. The molecule has 0 atom stereocenters. The molecule has 0 aliphatic rings. The predicted octanol–water partition coefficient (Wildman–Crippen LogP) is 2.24. The first-order valence-corrected chi connectivity index (χ1v) is 4.07. The van der Waals surface area contributed by atoms with Gasteiger partial charge in [0, 0.05) is 12.7 Å². The molecule has 0 radical (unpaired) electrons. The lowest BCUT2D eigenvalue weighted by Gasteiger charge is -2.07. The lowest BCUT2D eigenvalue weighted by molar-refractivity contribution is 0.149. The van der Waals surface area contributed by atoms with Crippen molar-refractivity contribution in [1.82, 2.24) is 4.98 Å². The van der Waals surface area contributed by atoms with Gasteiger partial charge in [0.15, 0.2) is 0 Å². The van der Waals surface area contributed by atoms with Crippen LogP contribution in [0.4, 0.5) is 8.78 Å². The number of aromatic nitrogens is 1. The number of nitrogens with two attached hydrogens (primary N) is 1. The molecule has 12 heavy (non-hydrogen) atoms. The van der Waals surface area contributed by atoms with E-state index in [1.54, 1.807) is 0 Å². The van der Waals surface area contributed by atoms with Gasteiger partial charge >= 0.3 is 0 Å². The summed E-state index contributed by atoms with van der Waals surface area (Å²) < 4.78 is 24.9. The van der Waals surface area contributed by atoms with Crippen molar-refractivity contribution in [3.8, 4) is 0 Å². The Hall–Kier alpha value is -0.550. The minimum Gasteiger partial charge on any atom is -0.326 e. The third kappa shape index (κ3) is 1.78. The summed E-state index contributed by atoms with van der Waals surface area (Å²) in [6.07, 6.45) is -1.09. The van der Waals surface area contributed by atoms with Gasteiger partial charge in [-0.05, 0) is 27.6 Å². The summed E-state index contributed by atoms with van der Waals surface area (Å²) in [4.78, 5) is 3.69. The molecule has 0 aliphatic carbocycles. The van der Waals surface area contributed by atoms with E-state index in [9.17, 15) is 8.78 Å². The Morgan fingerprint density at radius 3 is 2.67 bits per heavy atom. The summed E-state index contributed by atoms with van der Waals surface area (Å²) >= 11 is 2.94. The summed E-state index contributed by atoms with van der Waals surface area (Å²) in [7, 11) is 0. The molecule has 2 nitrogen and oxygen atoms in total. The summed E-state index contributed by atoms with van der Waals surface area (Å²) in [5.41, 5.74) is 5.59. The van der Waals surface area contributed by atoms with Crippen molar-refractivity contribution in [1.29, 1.82) is 0 Å². The van der Waals surface area contributed by atoms with Gasteiger partial charge in [-0.2, -0.15) is 0 Å². The van der Waals surface area contributed by atoms with Crippen LogP contribution in [0.2, 0.25) is 0 Å². The SMILES string of the molecule is NCc1ccnc(Br)c1C(F)F. The quantitative estimate of drug-likeness (QED) is 0.801. The van der Waals surface area contributed by atoms with Gasteiger partial charge in [-0.3, -0.25) is 0 Å². The van der Waals surface area contributed by atoms with Gasteiger partial charge in [-0.25, -0.2) is 13.8 Å². The molecule has 0 spiro atoms. The Kier molecular flexibility index (Phi) is 3.11. The first-order valence-electron chi connectivity index (χ1n) is 3.28. The zero-order chi connectivity index (χ0) is 9.14. The van der Waals surface area contributed by atoms with Gasteiger partial charge in [0.1, 0.15) is 4.60 Å². The van der Waals surface area contributed by atoms with E-state index < -0.39 is 6.43 Å². The minimum atomic E-state index is -2.54. The molecular weight excluding hydrogens is 230 g/mol.